The molecule has 4 nitrogen and oxygen atoms in total. The Balaban J connectivity index is 1.64. The van der Waals surface area contributed by atoms with Gasteiger partial charge < -0.3 is 5.32 Å². The number of para-hydroxylation sites is 1. The van der Waals surface area contributed by atoms with Crippen LogP contribution < -0.4 is 5.32 Å². The van der Waals surface area contributed by atoms with Gasteiger partial charge in [0.2, 0.25) is 5.91 Å². The second-order valence-electron chi connectivity index (χ2n) is 6.57. The van der Waals surface area contributed by atoms with E-state index in [0.29, 0.717) is 12.1 Å². The molecular formula is C22H20F3N3O. The van der Waals surface area contributed by atoms with E-state index in [1.807, 2.05) is 48.9 Å². The maximum Gasteiger partial charge on any atom is 0.416 e. The molecule has 0 saturated heterocycles. The molecule has 0 saturated carbocycles. The Kier molecular flexibility index (Phi) is 5.87. The number of nitrogens with one attached hydrogen (secondary N) is 1. The lowest BCUT2D eigenvalue weighted by atomic mass is 10.1. The van der Waals surface area contributed by atoms with Crippen molar-refractivity contribution in [2.24, 2.45) is 0 Å². The third-order valence-corrected chi connectivity index (χ3v) is 4.55. The minimum atomic E-state index is -4.38. The van der Waals surface area contributed by atoms with Gasteiger partial charge in [-0.3, -0.25) is 4.79 Å². The Morgan fingerprint density at radius 1 is 1.07 bits per heavy atom. The summed E-state index contributed by atoms with van der Waals surface area (Å²) in [4.78, 5) is 12.1. The van der Waals surface area contributed by atoms with Gasteiger partial charge in [-0.1, -0.05) is 30.3 Å². The summed E-state index contributed by atoms with van der Waals surface area (Å²) in [7, 11) is 0. The van der Waals surface area contributed by atoms with E-state index in [-0.39, 0.29) is 5.91 Å². The summed E-state index contributed by atoms with van der Waals surface area (Å²) in [5.74, 6) is -0.337. The van der Waals surface area contributed by atoms with E-state index in [0.717, 1.165) is 34.8 Å². The van der Waals surface area contributed by atoms with Crippen LogP contribution in [0.25, 0.3) is 11.8 Å². The number of benzene rings is 2. The molecule has 0 aliphatic rings. The summed E-state index contributed by atoms with van der Waals surface area (Å²) < 4.78 is 39.6. The molecule has 3 aromatic rings. The first-order valence-corrected chi connectivity index (χ1v) is 8.99. The zero-order valence-electron chi connectivity index (χ0n) is 16.0. The van der Waals surface area contributed by atoms with Gasteiger partial charge in [-0.2, -0.15) is 18.3 Å². The summed E-state index contributed by atoms with van der Waals surface area (Å²) in [5, 5.41) is 7.33. The van der Waals surface area contributed by atoms with Crippen molar-refractivity contribution in [2.45, 2.75) is 26.6 Å². The first-order valence-electron chi connectivity index (χ1n) is 8.99. The number of carbonyl (C=O) groups excluding carboxylic acids is 1. The van der Waals surface area contributed by atoms with E-state index >= 15 is 0 Å². The Hall–Kier alpha value is -3.35. The van der Waals surface area contributed by atoms with Gasteiger partial charge in [0.25, 0.3) is 0 Å². The van der Waals surface area contributed by atoms with Crippen molar-refractivity contribution in [3.63, 3.8) is 0 Å². The average molecular weight is 399 g/mol. The van der Waals surface area contributed by atoms with Crippen molar-refractivity contribution in [1.82, 2.24) is 15.1 Å². The van der Waals surface area contributed by atoms with Gasteiger partial charge in [-0.05, 0) is 49.8 Å². The molecule has 3 rings (SSSR count). The van der Waals surface area contributed by atoms with Gasteiger partial charge in [0.05, 0.1) is 16.9 Å². The van der Waals surface area contributed by atoms with E-state index in [2.05, 4.69) is 10.4 Å². The third-order valence-electron chi connectivity index (χ3n) is 4.55. The molecule has 7 heteroatoms. The number of rotatable bonds is 5. The highest BCUT2D eigenvalue weighted by molar-refractivity contribution is 5.91. The van der Waals surface area contributed by atoms with Gasteiger partial charge in [0.1, 0.15) is 0 Å². The van der Waals surface area contributed by atoms with Crippen molar-refractivity contribution in [2.75, 3.05) is 0 Å². The molecular weight excluding hydrogens is 379 g/mol. The Morgan fingerprint density at radius 3 is 2.34 bits per heavy atom. The van der Waals surface area contributed by atoms with Crippen LogP contribution in [0.3, 0.4) is 0 Å². The van der Waals surface area contributed by atoms with E-state index in [9.17, 15) is 18.0 Å². The number of alkyl halides is 3. The summed E-state index contributed by atoms with van der Waals surface area (Å²) in [6, 6.07) is 14.3. The summed E-state index contributed by atoms with van der Waals surface area (Å²) >= 11 is 0. The molecule has 0 spiro atoms. The smallest absolute Gasteiger partial charge is 0.348 e. The summed E-state index contributed by atoms with van der Waals surface area (Å²) in [6.45, 7) is 4.12. The zero-order valence-corrected chi connectivity index (χ0v) is 16.0. The number of hydrogen-bond donors (Lipinski definition) is 1. The van der Waals surface area contributed by atoms with Crippen LogP contribution in [0, 0.1) is 13.8 Å². The van der Waals surface area contributed by atoms with Crippen molar-refractivity contribution in [1.29, 1.82) is 0 Å². The van der Waals surface area contributed by atoms with Gasteiger partial charge in [0, 0.05) is 23.9 Å². The molecule has 0 fully saturated rings. The van der Waals surface area contributed by atoms with E-state index in [4.69, 9.17) is 0 Å². The van der Waals surface area contributed by atoms with Gasteiger partial charge in [-0.25, -0.2) is 4.68 Å². The molecule has 1 aromatic heterocycles. The molecule has 1 amide bonds. The fourth-order valence-electron chi connectivity index (χ4n) is 2.94. The fourth-order valence-corrected chi connectivity index (χ4v) is 2.94. The Morgan fingerprint density at radius 2 is 1.72 bits per heavy atom. The van der Waals surface area contributed by atoms with Crippen LogP contribution in [0.1, 0.15) is 28.1 Å². The van der Waals surface area contributed by atoms with E-state index in [1.165, 1.54) is 24.3 Å². The normalized spacial score (nSPS) is 11.8. The minimum absolute atomic E-state index is 0.306. The van der Waals surface area contributed by atoms with Gasteiger partial charge in [0.15, 0.2) is 0 Å². The van der Waals surface area contributed by atoms with Crippen molar-refractivity contribution < 1.29 is 18.0 Å². The van der Waals surface area contributed by atoms with Crippen molar-refractivity contribution >= 4 is 12.0 Å². The maximum atomic E-state index is 12.6. The molecule has 0 aliphatic carbocycles. The number of hydrogen-bond acceptors (Lipinski definition) is 2. The molecule has 0 aliphatic heterocycles. The molecule has 2 aromatic carbocycles. The molecule has 1 heterocycles. The predicted octanol–water partition coefficient (Wildman–Crippen LogP) is 4.84. The van der Waals surface area contributed by atoms with Gasteiger partial charge in [-0.15, -0.1) is 0 Å². The lowest BCUT2D eigenvalue weighted by molar-refractivity contribution is -0.137. The molecule has 0 bridgehead atoms. The van der Waals surface area contributed by atoms with Crippen molar-refractivity contribution in [3.8, 4) is 5.69 Å². The Labute approximate surface area is 166 Å². The maximum absolute atomic E-state index is 12.6. The van der Waals surface area contributed by atoms with E-state index in [1.54, 1.807) is 0 Å². The SMILES string of the molecule is Cc1nn(-c2ccccc2)c(C)c1CNC(=O)/C=C/c1ccc(C(F)(F)F)cc1. The molecule has 0 radical (unpaired) electrons. The number of amides is 1. The number of aryl methyl sites for hydroxylation is 1. The second kappa shape index (κ2) is 8.34. The van der Waals surface area contributed by atoms with Crippen LogP contribution in [0.5, 0.6) is 0 Å². The van der Waals surface area contributed by atoms with Crippen LogP contribution in [0.2, 0.25) is 0 Å². The van der Waals surface area contributed by atoms with Crippen LogP contribution in [0.15, 0.2) is 60.7 Å². The number of carbonyl (C=O) groups is 1. The molecule has 0 atom stereocenters. The first kappa shape index (κ1) is 20.4. The predicted molar refractivity (Wildman–Crippen MR) is 105 cm³/mol. The average Bonchev–Trinajstić information content (AvgIpc) is 2.99. The second-order valence-corrected chi connectivity index (χ2v) is 6.57. The first-order chi connectivity index (χ1) is 13.8. The highest BCUT2D eigenvalue weighted by Crippen LogP contribution is 2.29. The number of aromatic nitrogens is 2. The highest BCUT2D eigenvalue weighted by atomic mass is 19.4. The third kappa shape index (κ3) is 4.93. The summed E-state index contributed by atoms with van der Waals surface area (Å²) in [6.07, 6.45) is -1.60. The number of nitrogens with zero attached hydrogens (tertiary/aromatic N) is 2. The highest BCUT2D eigenvalue weighted by Gasteiger charge is 2.29. The standard InChI is InChI=1S/C22H20F3N3O/c1-15-20(16(2)28(27-15)19-6-4-3-5-7-19)14-26-21(29)13-10-17-8-11-18(12-9-17)22(23,24)25/h3-13H,14H2,1-2H3,(H,26,29)/b13-10+. The quantitative estimate of drug-likeness (QED) is 0.624. The van der Waals surface area contributed by atoms with Crippen LogP contribution in [-0.4, -0.2) is 15.7 Å². The molecule has 0 unspecified atom stereocenters. The van der Waals surface area contributed by atoms with Gasteiger partial charge >= 0.3 is 6.18 Å². The van der Waals surface area contributed by atoms with Crippen LogP contribution in [-0.2, 0) is 17.5 Å². The molecule has 29 heavy (non-hydrogen) atoms. The van der Waals surface area contributed by atoms with Crippen LogP contribution in [0.4, 0.5) is 13.2 Å². The van der Waals surface area contributed by atoms with Crippen molar-refractivity contribution in [3.05, 3.63) is 88.8 Å². The lowest BCUT2D eigenvalue weighted by Gasteiger charge is -2.06. The van der Waals surface area contributed by atoms with Crippen LogP contribution >= 0.6 is 0 Å². The molecule has 150 valence electrons. The topological polar surface area (TPSA) is 46.9 Å². The minimum Gasteiger partial charge on any atom is -0.348 e. The number of halogens is 3. The molecule has 1 N–H and O–H groups in total. The largest absolute Gasteiger partial charge is 0.416 e. The fraction of sp³-hybridized carbons (Fsp3) is 0.182. The summed E-state index contributed by atoms with van der Waals surface area (Å²) in [5.41, 5.74) is 3.40. The van der Waals surface area contributed by atoms with E-state index < -0.39 is 11.7 Å². The monoisotopic (exact) mass is 399 g/mol. The zero-order chi connectivity index (χ0) is 21.0. The lowest BCUT2D eigenvalue weighted by Crippen LogP contribution is -2.21. The Bertz CT molecular complexity index is 1020.